The molecule has 1 heterocycles. The van der Waals surface area contributed by atoms with Crippen LogP contribution in [0, 0.1) is 11.3 Å². The molecule has 1 fully saturated rings. The maximum absolute atomic E-state index is 9.74. The first-order valence-corrected chi connectivity index (χ1v) is 9.02. The monoisotopic (exact) mass is 349 g/mol. The lowest BCUT2D eigenvalue weighted by atomic mass is 10.2. The van der Waals surface area contributed by atoms with E-state index in [2.05, 4.69) is 5.10 Å². The van der Waals surface area contributed by atoms with Crippen LogP contribution in [0.15, 0.2) is 18.2 Å². The smallest absolute Gasteiger partial charge is 0.174 e. The summed E-state index contributed by atoms with van der Waals surface area (Å²) in [6.45, 7) is -0.139. The van der Waals surface area contributed by atoms with E-state index in [0.717, 1.165) is 18.5 Å². The first-order chi connectivity index (χ1) is 11.2. The summed E-state index contributed by atoms with van der Waals surface area (Å²) < 4.78 is 7.78. The van der Waals surface area contributed by atoms with Crippen molar-refractivity contribution in [1.29, 1.82) is 5.26 Å². The highest BCUT2D eigenvalue weighted by atomic mass is 35.5. The molecule has 1 aromatic carbocycles. The summed E-state index contributed by atoms with van der Waals surface area (Å²) in [6, 6.07) is 6.96. The van der Waals surface area contributed by atoms with Gasteiger partial charge < -0.3 is 9.84 Å². The summed E-state index contributed by atoms with van der Waals surface area (Å²) in [6.07, 6.45) is 4.16. The van der Waals surface area contributed by atoms with Crippen molar-refractivity contribution in [2.75, 3.05) is 6.26 Å². The Balaban J connectivity index is 1.98. The Labute approximate surface area is 143 Å². The Bertz CT molecular complexity index is 765. The van der Waals surface area contributed by atoms with Crippen molar-refractivity contribution in [3.05, 3.63) is 40.2 Å². The minimum Gasteiger partial charge on any atom is -0.453 e. The molecule has 7 heteroatoms. The third-order valence-electron chi connectivity index (χ3n) is 3.68. The number of nitriles is 1. The fraction of sp³-hybridized carbons (Fsp3) is 0.375. The van der Waals surface area contributed by atoms with Gasteiger partial charge in [0.25, 0.3) is 0 Å². The van der Waals surface area contributed by atoms with Crippen LogP contribution in [0.5, 0.6) is 11.5 Å². The number of thioether (sulfide) groups is 1. The van der Waals surface area contributed by atoms with Crippen LogP contribution in [0.1, 0.15) is 35.7 Å². The molecule has 1 saturated carbocycles. The molecular weight excluding hydrogens is 334 g/mol. The van der Waals surface area contributed by atoms with Crippen LogP contribution < -0.4 is 4.74 Å². The van der Waals surface area contributed by atoms with E-state index in [-0.39, 0.29) is 6.61 Å². The predicted molar refractivity (Wildman–Crippen MR) is 89.9 cm³/mol. The number of ether oxygens (including phenoxy) is 1. The predicted octanol–water partition coefficient (Wildman–Crippen LogP) is 3.89. The second kappa shape index (κ2) is 6.83. The van der Waals surface area contributed by atoms with Gasteiger partial charge in [-0.05, 0) is 31.2 Å². The summed E-state index contributed by atoms with van der Waals surface area (Å²) in [5, 5.41) is 23.6. The molecule has 2 aromatic rings. The molecule has 0 aliphatic heterocycles. The maximum atomic E-state index is 9.74. The van der Waals surface area contributed by atoms with Crippen molar-refractivity contribution >= 4 is 23.4 Å². The molecule has 120 valence electrons. The SMILES string of the molecule is CSCn1nc(C2CC2)c(Oc2ccc(C#N)c(Cl)c2)c1CO. The van der Waals surface area contributed by atoms with Crippen molar-refractivity contribution in [1.82, 2.24) is 9.78 Å². The Kier molecular flexibility index (Phi) is 4.81. The lowest BCUT2D eigenvalue weighted by molar-refractivity contribution is 0.265. The summed E-state index contributed by atoms with van der Waals surface area (Å²) in [7, 11) is 0. The number of hydrogen-bond acceptors (Lipinski definition) is 5. The average molecular weight is 350 g/mol. The average Bonchev–Trinajstić information content (AvgIpc) is 3.32. The van der Waals surface area contributed by atoms with E-state index in [1.807, 2.05) is 12.3 Å². The molecule has 1 aromatic heterocycles. The van der Waals surface area contributed by atoms with E-state index >= 15 is 0 Å². The minimum absolute atomic E-state index is 0.139. The fourth-order valence-electron chi connectivity index (χ4n) is 2.39. The van der Waals surface area contributed by atoms with Gasteiger partial charge in [0, 0.05) is 12.0 Å². The molecular formula is C16H16ClN3O2S. The highest BCUT2D eigenvalue weighted by molar-refractivity contribution is 7.97. The summed E-state index contributed by atoms with van der Waals surface area (Å²) in [5.74, 6) is 2.21. The summed E-state index contributed by atoms with van der Waals surface area (Å²) in [4.78, 5) is 0. The largest absolute Gasteiger partial charge is 0.453 e. The molecule has 1 N–H and O–H groups in total. The Morgan fingerprint density at radius 2 is 2.30 bits per heavy atom. The van der Waals surface area contributed by atoms with Crippen LogP contribution in [0.2, 0.25) is 5.02 Å². The van der Waals surface area contributed by atoms with Gasteiger partial charge in [-0.25, -0.2) is 0 Å². The minimum atomic E-state index is -0.139. The molecule has 5 nitrogen and oxygen atoms in total. The van der Waals surface area contributed by atoms with Crippen molar-refractivity contribution < 1.29 is 9.84 Å². The highest BCUT2D eigenvalue weighted by Gasteiger charge is 2.33. The quantitative estimate of drug-likeness (QED) is 0.856. The number of aliphatic hydroxyl groups excluding tert-OH is 1. The van der Waals surface area contributed by atoms with Crippen LogP contribution >= 0.6 is 23.4 Å². The first-order valence-electron chi connectivity index (χ1n) is 7.24. The van der Waals surface area contributed by atoms with E-state index in [9.17, 15) is 5.11 Å². The van der Waals surface area contributed by atoms with E-state index in [4.69, 9.17) is 21.6 Å². The van der Waals surface area contributed by atoms with Gasteiger partial charge in [-0.3, -0.25) is 4.68 Å². The third-order valence-corrected chi connectivity index (χ3v) is 4.50. The highest BCUT2D eigenvalue weighted by Crippen LogP contribution is 2.46. The van der Waals surface area contributed by atoms with Crippen LogP contribution in [-0.2, 0) is 12.5 Å². The van der Waals surface area contributed by atoms with Gasteiger partial charge >= 0.3 is 0 Å². The van der Waals surface area contributed by atoms with Gasteiger partial charge in [0.2, 0.25) is 0 Å². The molecule has 0 bridgehead atoms. The molecule has 1 aliphatic carbocycles. The third kappa shape index (κ3) is 3.32. The molecule has 0 atom stereocenters. The van der Waals surface area contributed by atoms with Crippen LogP contribution in [0.25, 0.3) is 0 Å². The number of aromatic nitrogens is 2. The van der Waals surface area contributed by atoms with Crippen molar-refractivity contribution in [3.63, 3.8) is 0 Å². The molecule has 0 unspecified atom stereocenters. The molecule has 23 heavy (non-hydrogen) atoms. The number of benzene rings is 1. The van der Waals surface area contributed by atoms with Gasteiger partial charge in [-0.2, -0.15) is 10.4 Å². The van der Waals surface area contributed by atoms with E-state index < -0.39 is 0 Å². The summed E-state index contributed by atoms with van der Waals surface area (Å²) >= 11 is 7.69. The van der Waals surface area contributed by atoms with Crippen LogP contribution in [0.3, 0.4) is 0 Å². The zero-order chi connectivity index (χ0) is 16.4. The lowest BCUT2D eigenvalue weighted by Gasteiger charge is -2.09. The van der Waals surface area contributed by atoms with Crippen molar-refractivity contribution in [3.8, 4) is 17.6 Å². The van der Waals surface area contributed by atoms with Crippen LogP contribution in [0.4, 0.5) is 0 Å². The van der Waals surface area contributed by atoms with Gasteiger partial charge in [0.1, 0.15) is 23.2 Å². The van der Waals surface area contributed by atoms with E-state index in [1.165, 1.54) is 0 Å². The van der Waals surface area contributed by atoms with Crippen LogP contribution in [-0.4, -0.2) is 21.1 Å². The number of nitrogens with zero attached hydrogens (tertiary/aromatic N) is 3. The van der Waals surface area contributed by atoms with Gasteiger partial charge in [-0.1, -0.05) is 11.6 Å². The zero-order valence-corrected chi connectivity index (χ0v) is 14.2. The first kappa shape index (κ1) is 16.2. The van der Waals surface area contributed by atoms with Crippen molar-refractivity contribution in [2.45, 2.75) is 31.2 Å². The Hall–Kier alpha value is -1.68. The number of rotatable bonds is 6. The number of hydrogen-bond donors (Lipinski definition) is 1. The molecule has 0 amide bonds. The van der Waals surface area contributed by atoms with Crippen molar-refractivity contribution in [2.24, 2.45) is 0 Å². The normalized spacial score (nSPS) is 13.8. The molecule has 3 rings (SSSR count). The fourth-order valence-corrected chi connectivity index (χ4v) is 3.06. The molecule has 1 aliphatic rings. The maximum Gasteiger partial charge on any atom is 0.174 e. The second-order valence-corrected chi connectivity index (χ2v) is 6.61. The van der Waals surface area contributed by atoms with Gasteiger partial charge in [0.15, 0.2) is 5.75 Å². The summed E-state index contributed by atoms with van der Waals surface area (Å²) in [5.41, 5.74) is 1.97. The zero-order valence-electron chi connectivity index (χ0n) is 12.6. The molecule has 0 saturated heterocycles. The molecule has 0 radical (unpaired) electrons. The Morgan fingerprint density at radius 1 is 1.52 bits per heavy atom. The standard InChI is InChI=1S/C16H16ClN3O2S/c1-23-9-20-14(8-21)16(15(19-20)10-2-3-10)22-12-5-4-11(7-18)13(17)6-12/h4-6,10,21H,2-3,8-9H2,1H3. The van der Waals surface area contributed by atoms with Gasteiger partial charge in [0.05, 0.1) is 23.1 Å². The topological polar surface area (TPSA) is 71.1 Å². The van der Waals surface area contributed by atoms with E-state index in [1.54, 1.807) is 34.6 Å². The number of halogens is 1. The lowest BCUT2D eigenvalue weighted by Crippen LogP contribution is -2.03. The molecule has 0 spiro atoms. The second-order valence-electron chi connectivity index (χ2n) is 5.37. The number of aliphatic hydroxyl groups is 1. The van der Waals surface area contributed by atoms with E-state index in [0.29, 0.717) is 39.6 Å². The van der Waals surface area contributed by atoms with Gasteiger partial charge in [-0.15, -0.1) is 11.8 Å². The Morgan fingerprint density at radius 3 is 2.87 bits per heavy atom.